The zero-order valence-corrected chi connectivity index (χ0v) is 5.92. The van der Waals surface area contributed by atoms with Crippen LogP contribution in [-0.2, 0) is 9.47 Å². The normalized spacial score (nSPS) is 8.50. The summed E-state index contributed by atoms with van der Waals surface area (Å²) < 4.78 is 9.02. The molecule has 0 aromatic carbocycles. The van der Waals surface area contributed by atoms with Crippen LogP contribution in [0.2, 0.25) is 0 Å². The van der Waals surface area contributed by atoms with E-state index in [1.54, 1.807) is 7.11 Å². The predicted octanol–water partition coefficient (Wildman–Crippen LogP) is 0.502. The molecule has 0 radical (unpaired) electrons. The minimum absolute atomic E-state index is 0.448. The van der Waals surface area contributed by atoms with Crippen molar-refractivity contribution in [1.29, 1.82) is 0 Å². The molecule has 0 heterocycles. The average Bonchev–Trinajstić information content (AvgIpc) is 1.89. The highest BCUT2D eigenvalue weighted by molar-refractivity contribution is 5.67. The summed E-state index contributed by atoms with van der Waals surface area (Å²) in [6.07, 6.45) is 0.564. The Morgan fingerprint density at radius 2 is 2.50 bits per heavy atom. The Balaban J connectivity index is 3.13. The van der Waals surface area contributed by atoms with E-state index < -0.39 is 6.09 Å². The Kier molecular flexibility index (Phi) is 5.47. The quantitative estimate of drug-likeness (QED) is 0.463. The fourth-order valence-corrected chi connectivity index (χ4v) is 0.373. The Morgan fingerprint density at radius 1 is 1.80 bits per heavy atom. The number of hydrogen-bond donors (Lipinski definition) is 1. The SMILES string of the molecule is C=COC(=O)NCCOC. The summed E-state index contributed by atoms with van der Waals surface area (Å²) in [5, 5.41) is 2.43. The van der Waals surface area contributed by atoms with Gasteiger partial charge in [0.15, 0.2) is 0 Å². The maximum absolute atomic E-state index is 10.5. The highest BCUT2D eigenvalue weighted by atomic mass is 16.5. The number of carbonyl (C=O) groups is 1. The van der Waals surface area contributed by atoms with Gasteiger partial charge >= 0.3 is 6.09 Å². The number of rotatable bonds is 4. The first-order valence-electron chi connectivity index (χ1n) is 2.85. The molecule has 0 aromatic rings. The number of nitrogens with one attached hydrogen (secondary N) is 1. The molecule has 1 N–H and O–H groups in total. The van der Waals surface area contributed by atoms with Crippen LogP contribution in [0, 0.1) is 0 Å². The summed E-state index contributed by atoms with van der Waals surface area (Å²) in [5.41, 5.74) is 0. The smallest absolute Gasteiger partial charge is 0.412 e. The molecule has 4 heteroatoms. The molecular weight excluding hydrogens is 134 g/mol. The second kappa shape index (κ2) is 6.10. The number of carbonyl (C=O) groups excluding carboxylic acids is 1. The molecule has 10 heavy (non-hydrogen) atoms. The molecule has 0 fully saturated rings. The van der Waals surface area contributed by atoms with Gasteiger partial charge in [-0.1, -0.05) is 6.58 Å². The van der Waals surface area contributed by atoms with E-state index in [1.807, 2.05) is 0 Å². The van der Waals surface area contributed by atoms with Gasteiger partial charge in [-0.15, -0.1) is 0 Å². The van der Waals surface area contributed by atoms with E-state index in [9.17, 15) is 4.79 Å². The van der Waals surface area contributed by atoms with E-state index >= 15 is 0 Å². The summed E-state index contributed by atoms with van der Waals surface area (Å²) in [6.45, 7) is 4.14. The second-order valence-electron chi connectivity index (χ2n) is 1.49. The van der Waals surface area contributed by atoms with Crippen molar-refractivity contribution < 1.29 is 14.3 Å². The molecule has 0 saturated heterocycles. The highest BCUT2D eigenvalue weighted by Gasteiger charge is 1.95. The number of methoxy groups -OCH3 is 1. The van der Waals surface area contributed by atoms with E-state index in [4.69, 9.17) is 0 Å². The van der Waals surface area contributed by atoms with Gasteiger partial charge in [0.2, 0.25) is 0 Å². The minimum Gasteiger partial charge on any atom is -0.419 e. The molecule has 0 bridgehead atoms. The number of ether oxygens (including phenoxy) is 2. The summed E-state index contributed by atoms with van der Waals surface area (Å²) >= 11 is 0. The summed E-state index contributed by atoms with van der Waals surface area (Å²) in [7, 11) is 1.56. The highest BCUT2D eigenvalue weighted by Crippen LogP contribution is 1.75. The van der Waals surface area contributed by atoms with Crippen LogP contribution < -0.4 is 5.32 Å². The van der Waals surface area contributed by atoms with Crippen molar-refractivity contribution in [2.24, 2.45) is 0 Å². The molecule has 0 aliphatic carbocycles. The Hall–Kier alpha value is -1.03. The van der Waals surface area contributed by atoms with Gasteiger partial charge in [-0.25, -0.2) is 4.79 Å². The first-order valence-corrected chi connectivity index (χ1v) is 2.85. The van der Waals surface area contributed by atoms with E-state index in [0.717, 1.165) is 6.26 Å². The zero-order chi connectivity index (χ0) is 7.82. The van der Waals surface area contributed by atoms with Gasteiger partial charge in [0, 0.05) is 13.7 Å². The van der Waals surface area contributed by atoms with Crippen LogP contribution in [0.25, 0.3) is 0 Å². The van der Waals surface area contributed by atoms with Gasteiger partial charge in [-0.3, -0.25) is 0 Å². The van der Waals surface area contributed by atoms with Gasteiger partial charge in [0.25, 0.3) is 0 Å². The van der Waals surface area contributed by atoms with Crippen molar-refractivity contribution in [1.82, 2.24) is 5.32 Å². The van der Waals surface area contributed by atoms with Gasteiger partial charge < -0.3 is 14.8 Å². The van der Waals surface area contributed by atoms with Crippen molar-refractivity contribution in [3.8, 4) is 0 Å². The molecule has 0 aliphatic rings. The molecule has 0 unspecified atom stereocenters. The molecule has 0 atom stereocenters. The van der Waals surface area contributed by atoms with Gasteiger partial charge in [-0.05, 0) is 0 Å². The number of hydrogen-bond acceptors (Lipinski definition) is 3. The third-order valence-corrected chi connectivity index (χ3v) is 0.766. The molecule has 0 saturated carbocycles. The monoisotopic (exact) mass is 145 g/mol. The Labute approximate surface area is 59.8 Å². The molecule has 4 nitrogen and oxygen atoms in total. The maximum atomic E-state index is 10.5. The molecule has 0 aromatic heterocycles. The van der Waals surface area contributed by atoms with Gasteiger partial charge in [0.1, 0.15) is 0 Å². The molecular formula is C6H11NO3. The van der Waals surface area contributed by atoms with Crippen molar-refractivity contribution in [3.05, 3.63) is 12.8 Å². The van der Waals surface area contributed by atoms with E-state index in [-0.39, 0.29) is 0 Å². The molecule has 0 rings (SSSR count). The minimum atomic E-state index is -0.507. The van der Waals surface area contributed by atoms with Crippen LogP contribution in [-0.4, -0.2) is 26.4 Å². The molecule has 0 aliphatic heterocycles. The fourth-order valence-electron chi connectivity index (χ4n) is 0.373. The van der Waals surface area contributed by atoms with Crippen molar-refractivity contribution in [3.63, 3.8) is 0 Å². The Morgan fingerprint density at radius 3 is 3.00 bits per heavy atom. The largest absolute Gasteiger partial charge is 0.419 e. The summed E-state index contributed by atoms with van der Waals surface area (Å²) in [4.78, 5) is 10.5. The molecule has 0 spiro atoms. The third-order valence-electron chi connectivity index (χ3n) is 0.766. The second-order valence-corrected chi connectivity index (χ2v) is 1.49. The van der Waals surface area contributed by atoms with E-state index in [2.05, 4.69) is 21.4 Å². The summed E-state index contributed by atoms with van der Waals surface area (Å²) in [5.74, 6) is 0. The standard InChI is InChI=1S/C6H11NO3/c1-3-10-6(8)7-4-5-9-2/h3H,1,4-5H2,2H3,(H,7,8). The zero-order valence-electron chi connectivity index (χ0n) is 5.92. The fraction of sp³-hybridized carbons (Fsp3) is 0.500. The lowest BCUT2D eigenvalue weighted by Crippen LogP contribution is -2.26. The van der Waals surface area contributed by atoms with Crippen molar-refractivity contribution >= 4 is 6.09 Å². The van der Waals surface area contributed by atoms with Crippen molar-refractivity contribution in [2.75, 3.05) is 20.3 Å². The average molecular weight is 145 g/mol. The lowest BCUT2D eigenvalue weighted by molar-refractivity contribution is 0.171. The lowest BCUT2D eigenvalue weighted by atomic mass is 10.7. The van der Waals surface area contributed by atoms with Gasteiger partial charge in [0.05, 0.1) is 12.9 Å². The van der Waals surface area contributed by atoms with Crippen LogP contribution in [0.5, 0.6) is 0 Å². The van der Waals surface area contributed by atoms with E-state index in [0.29, 0.717) is 13.2 Å². The van der Waals surface area contributed by atoms with Crippen LogP contribution in [0.15, 0.2) is 12.8 Å². The van der Waals surface area contributed by atoms with E-state index in [1.165, 1.54) is 0 Å². The third kappa shape index (κ3) is 5.11. The van der Waals surface area contributed by atoms with Crippen LogP contribution in [0.1, 0.15) is 0 Å². The number of amides is 1. The van der Waals surface area contributed by atoms with Crippen LogP contribution >= 0.6 is 0 Å². The topological polar surface area (TPSA) is 47.6 Å². The van der Waals surface area contributed by atoms with Crippen molar-refractivity contribution in [2.45, 2.75) is 0 Å². The number of alkyl carbamates (subject to hydrolysis) is 1. The first kappa shape index (κ1) is 8.97. The predicted molar refractivity (Wildman–Crippen MR) is 36.6 cm³/mol. The van der Waals surface area contributed by atoms with Crippen LogP contribution in [0.4, 0.5) is 4.79 Å². The van der Waals surface area contributed by atoms with Crippen LogP contribution in [0.3, 0.4) is 0 Å². The molecule has 1 amide bonds. The Bertz CT molecular complexity index is 114. The van der Waals surface area contributed by atoms with Gasteiger partial charge in [-0.2, -0.15) is 0 Å². The summed E-state index contributed by atoms with van der Waals surface area (Å²) in [6, 6.07) is 0. The lowest BCUT2D eigenvalue weighted by Gasteiger charge is -2.00. The molecule has 58 valence electrons. The first-order chi connectivity index (χ1) is 4.81. The maximum Gasteiger partial charge on any atom is 0.412 e.